The number of nitrogens with zero attached hydrogens (tertiary/aromatic N) is 2. The maximum absolute atomic E-state index is 12.0. The Kier molecular flexibility index (Phi) is 4.16. The molecule has 1 aliphatic heterocycles. The van der Waals surface area contributed by atoms with Crippen molar-refractivity contribution in [1.29, 1.82) is 0 Å². The molecular formula is C15H18N2O4. The van der Waals surface area contributed by atoms with E-state index in [2.05, 4.69) is 4.99 Å². The van der Waals surface area contributed by atoms with Crippen molar-refractivity contribution in [2.45, 2.75) is 6.92 Å². The molecule has 6 heteroatoms. The predicted octanol–water partition coefficient (Wildman–Crippen LogP) is 1.94. The fourth-order valence-corrected chi connectivity index (χ4v) is 2.05. The van der Waals surface area contributed by atoms with Crippen LogP contribution < -0.4 is 14.2 Å². The van der Waals surface area contributed by atoms with Gasteiger partial charge in [-0.3, -0.25) is 9.69 Å². The van der Waals surface area contributed by atoms with Gasteiger partial charge in [-0.05, 0) is 30.7 Å². The molecule has 1 aromatic carbocycles. The van der Waals surface area contributed by atoms with Crippen molar-refractivity contribution in [2.24, 2.45) is 4.99 Å². The lowest BCUT2D eigenvalue weighted by atomic mass is 10.1. The van der Waals surface area contributed by atoms with E-state index in [1.54, 1.807) is 53.5 Å². The Morgan fingerprint density at radius 2 is 1.67 bits per heavy atom. The van der Waals surface area contributed by atoms with E-state index in [1.165, 1.54) is 4.90 Å². The van der Waals surface area contributed by atoms with Crippen molar-refractivity contribution in [3.8, 4) is 17.2 Å². The Morgan fingerprint density at radius 3 is 2.05 bits per heavy atom. The van der Waals surface area contributed by atoms with Crippen LogP contribution in [0.5, 0.6) is 17.2 Å². The summed E-state index contributed by atoms with van der Waals surface area (Å²) in [7, 11) is 6.33. The smallest absolute Gasteiger partial charge is 0.277 e. The molecule has 0 spiro atoms. The molecule has 0 unspecified atom stereocenters. The number of amides is 1. The highest BCUT2D eigenvalue weighted by Crippen LogP contribution is 2.38. The third kappa shape index (κ3) is 2.69. The second-order valence-electron chi connectivity index (χ2n) is 4.51. The highest BCUT2D eigenvalue weighted by molar-refractivity contribution is 6.13. The SMILES string of the molecule is COc1cc(/C=C2\N=C(C)N(C)C2=O)cc(OC)c1OC. The maximum atomic E-state index is 12.0. The van der Waals surface area contributed by atoms with Crippen LogP contribution in [-0.2, 0) is 4.79 Å². The van der Waals surface area contributed by atoms with E-state index >= 15 is 0 Å². The molecule has 0 bridgehead atoms. The fraction of sp³-hybridized carbons (Fsp3) is 0.333. The van der Waals surface area contributed by atoms with E-state index in [9.17, 15) is 4.79 Å². The molecule has 21 heavy (non-hydrogen) atoms. The third-order valence-corrected chi connectivity index (χ3v) is 3.28. The molecule has 0 atom stereocenters. The van der Waals surface area contributed by atoms with Crippen LogP contribution >= 0.6 is 0 Å². The normalized spacial score (nSPS) is 16.2. The molecule has 2 rings (SSSR count). The molecule has 0 fully saturated rings. The van der Waals surface area contributed by atoms with Crippen LogP contribution in [0.1, 0.15) is 12.5 Å². The summed E-state index contributed by atoms with van der Waals surface area (Å²) in [6.45, 7) is 1.79. The molecule has 0 saturated carbocycles. The average molecular weight is 290 g/mol. The molecule has 1 amide bonds. The number of rotatable bonds is 4. The largest absolute Gasteiger partial charge is 0.493 e. The van der Waals surface area contributed by atoms with Crippen LogP contribution in [0, 0.1) is 0 Å². The van der Waals surface area contributed by atoms with Gasteiger partial charge in [0.1, 0.15) is 11.5 Å². The predicted molar refractivity (Wildman–Crippen MR) is 80.0 cm³/mol. The van der Waals surface area contributed by atoms with Gasteiger partial charge in [0.15, 0.2) is 11.5 Å². The molecule has 0 aliphatic carbocycles. The highest BCUT2D eigenvalue weighted by Gasteiger charge is 2.24. The van der Waals surface area contributed by atoms with E-state index in [-0.39, 0.29) is 5.91 Å². The molecule has 0 aromatic heterocycles. The van der Waals surface area contributed by atoms with Crippen LogP contribution in [0.2, 0.25) is 0 Å². The first-order valence-corrected chi connectivity index (χ1v) is 6.36. The van der Waals surface area contributed by atoms with Crippen LogP contribution in [-0.4, -0.2) is 45.0 Å². The van der Waals surface area contributed by atoms with Gasteiger partial charge in [0.05, 0.1) is 21.3 Å². The van der Waals surface area contributed by atoms with Crippen LogP contribution in [0.4, 0.5) is 0 Å². The lowest BCUT2D eigenvalue weighted by Crippen LogP contribution is -2.25. The molecule has 112 valence electrons. The zero-order chi connectivity index (χ0) is 15.6. The number of aliphatic imine (C=N–C) groups is 1. The summed E-state index contributed by atoms with van der Waals surface area (Å²) < 4.78 is 15.8. The molecule has 0 saturated heterocycles. The topological polar surface area (TPSA) is 60.4 Å². The van der Waals surface area contributed by atoms with E-state index in [0.717, 1.165) is 5.56 Å². The standard InChI is InChI=1S/C15H18N2O4/c1-9-16-11(15(18)17(9)2)6-10-7-12(19-3)14(21-5)13(8-10)20-4/h6-8H,1-5H3/b11-6-. The number of hydrogen-bond acceptors (Lipinski definition) is 5. The third-order valence-electron chi connectivity index (χ3n) is 3.28. The number of amidine groups is 1. The van der Waals surface area contributed by atoms with Gasteiger partial charge in [-0.1, -0.05) is 0 Å². The first-order valence-electron chi connectivity index (χ1n) is 6.36. The lowest BCUT2D eigenvalue weighted by Gasteiger charge is -2.13. The van der Waals surface area contributed by atoms with Gasteiger partial charge in [0, 0.05) is 7.05 Å². The van der Waals surface area contributed by atoms with Crippen molar-refractivity contribution in [3.05, 3.63) is 23.4 Å². The molecule has 1 heterocycles. The molecular weight excluding hydrogens is 272 g/mol. The number of ether oxygens (including phenoxy) is 3. The van der Waals surface area contributed by atoms with Crippen molar-refractivity contribution < 1.29 is 19.0 Å². The van der Waals surface area contributed by atoms with Crippen molar-refractivity contribution in [1.82, 2.24) is 4.90 Å². The summed E-state index contributed by atoms with van der Waals surface area (Å²) in [5, 5.41) is 0. The number of methoxy groups -OCH3 is 3. The van der Waals surface area contributed by atoms with Crippen LogP contribution in [0.25, 0.3) is 6.08 Å². The van der Waals surface area contributed by atoms with E-state index < -0.39 is 0 Å². The zero-order valence-electron chi connectivity index (χ0n) is 12.8. The van der Waals surface area contributed by atoms with Crippen LogP contribution in [0.3, 0.4) is 0 Å². The van der Waals surface area contributed by atoms with Gasteiger partial charge < -0.3 is 14.2 Å². The number of benzene rings is 1. The zero-order valence-corrected chi connectivity index (χ0v) is 12.8. The van der Waals surface area contributed by atoms with E-state index in [4.69, 9.17) is 14.2 Å². The van der Waals surface area contributed by atoms with Crippen molar-refractivity contribution in [3.63, 3.8) is 0 Å². The van der Waals surface area contributed by atoms with Crippen molar-refractivity contribution in [2.75, 3.05) is 28.4 Å². The Labute approximate surface area is 123 Å². The maximum Gasteiger partial charge on any atom is 0.277 e. The quantitative estimate of drug-likeness (QED) is 0.795. The summed E-state index contributed by atoms with van der Waals surface area (Å²) >= 11 is 0. The summed E-state index contributed by atoms with van der Waals surface area (Å²) in [6.07, 6.45) is 1.69. The second kappa shape index (κ2) is 5.87. The fourth-order valence-electron chi connectivity index (χ4n) is 2.05. The van der Waals surface area contributed by atoms with Gasteiger partial charge in [0.25, 0.3) is 5.91 Å². The molecule has 0 N–H and O–H groups in total. The number of carbonyl (C=O) groups excluding carboxylic acids is 1. The summed E-state index contributed by atoms with van der Waals surface area (Å²) in [5.41, 5.74) is 1.13. The molecule has 1 aliphatic rings. The van der Waals surface area contributed by atoms with Gasteiger partial charge in [0.2, 0.25) is 5.75 Å². The molecule has 0 radical (unpaired) electrons. The van der Waals surface area contributed by atoms with Gasteiger partial charge in [-0.2, -0.15) is 0 Å². The minimum Gasteiger partial charge on any atom is -0.493 e. The lowest BCUT2D eigenvalue weighted by molar-refractivity contribution is -0.121. The van der Waals surface area contributed by atoms with E-state index in [1.807, 2.05) is 0 Å². The number of likely N-dealkylation sites (N-methyl/N-ethyl adjacent to an activating group) is 1. The summed E-state index contributed by atoms with van der Waals surface area (Å²) in [5.74, 6) is 2.10. The van der Waals surface area contributed by atoms with Gasteiger partial charge >= 0.3 is 0 Å². The average Bonchev–Trinajstić information content (AvgIpc) is 2.73. The van der Waals surface area contributed by atoms with Crippen molar-refractivity contribution >= 4 is 17.8 Å². The highest BCUT2D eigenvalue weighted by atomic mass is 16.5. The first kappa shape index (κ1) is 14.9. The Balaban J connectivity index is 2.49. The Bertz CT molecular complexity index is 610. The van der Waals surface area contributed by atoms with Crippen LogP contribution in [0.15, 0.2) is 22.8 Å². The van der Waals surface area contributed by atoms with Gasteiger partial charge in [-0.15, -0.1) is 0 Å². The minimum absolute atomic E-state index is 0.138. The summed E-state index contributed by atoms with van der Waals surface area (Å²) in [6, 6.07) is 3.54. The first-order chi connectivity index (χ1) is 10.0. The van der Waals surface area contributed by atoms with E-state index in [0.29, 0.717) is 28.8 Å². The minimum atomic E-state index is -0.138. The number of hydrogen-bond donors (Lipinski definition) is 0. The van der Waals surface area contributed by atoms with Gasteiger partial charge in [-0.25, -0.2) is 4.99 Å². The second-order valence-corrected chi connectivity index (χ2v) is 4.51. The molecule has 1 aromatic rings. The number of carbonyl (C=O) groups is 1. The Morgan fingerprint density at radius 1 is 1.10 bits per heavy atom. The monoisotopic (exact) mass is 290 g/mol. The summed E-state index contributed by atoms with van der Waals surface area (Å²) in [4.78, 5) is 17.8. The molecule has 6 nitrogen and oxygen atoms in total. The Hall–Kier alpha value is -2.50.